The first kappa shape index (κ1) is 20.7. The fourth-order valence-corrected chi connectivity index (χ4v) is 4.85. The number of rotatable bonds is 4. The van der Waals surface area contributed by atoms with Crippen LogP contribution in [0, 0.1) is 5.82 Å². The Morgan fingerprint density at radius 2 is 2.03 bits per heavy atom. The minimum absolute atomic E-state index is 0.302. The van der Waals surface area contributed by atoms with Crippen molar-refractivity contribution in [2.75, 3.05) is 14.1 Å². The van der Waals surface area contributed by atoms with Gasteiger partial charge in [0.15, 0.2) is 0 Å². The van der Waals surface area contributed by atoms with Crippen LogP contribution < -0.4 is 5.32 Å². The second-order valence-corrected chi connectivity index (χ2v) is 10.4. The lowest BCUT2D eigenvalue weighted by molar-refractivity contribution is -0.115. The molecule has 1 amide bonds. The van der Waals surface area contributed by atoms with Crippen LogP contribution in [0.25, 0.3) is 28.2 Å². The third-order valence-electron chi connectivity index (χ3n) is 4.36. The Bertz CT molecular complexity index is 1350. The van der Waals surface area contributed by atoms with Gasteiger partial charge >= 0.3 is 0 Å². The van der Waals surface area contributed by atoms with Gasteiger partial charge in [0, 0.05) is 43.5 Å². The van der Waals surface area contributed by atoms with E-state index in [2.05, 4.69) is 10.3 Å². The molecule has 0 bridgehead atoms. The van der Waals surface area contributed by atoms with E-state index in [0.717, 1.165) is 22.1 Å². The quantitative estimate of drug-likeness (QED) is 0.468. The lowest BCUT2D eigenvalue weighted by Gasteiger charge is -2.12. The van der Waals surface area contributed by atoms with Crippen molar-refractivity contribution < 1.29 is 22.0 Å². The first-order valence-corrected chi connectivity index (χ1v) is 11.2. The molecule has 0 spiro atoms. The Balaban J connectivity index is 1.78. The van der Waals surface area contributed by atoms with Gasteiger partial charge in [-0.05, 0) is 23.8 Å². The highest BCUT2D eigenvalue weighted by atomic mass is 32.2. The molecule has 3 heterocycles. The van der Waals surface area contributed by atoms with Gasteiger partial charge in [0.2, 0.25) is 10.0 Å². The summed E-state index contributed by atoms with van der Waals surface area (Å²) < 4.78 is 46.3. The first-order valence-electron chi connectivity index (χ1n) is 8.51. The summed E-state index contributed by atoms with van der Waals surface area (Å²) in [6.45, 7) is 0. The Morgan fingerprint density at radius 3 is 2.67 bits per heavy atom. The number of carbonyl (C=O) groups is 1. The molecule has 0 unspecified atom stereocenters. The number of halogens is 1. The van der Waals surface area contributed by atoms with Crippen molar-refractivity contribution in [2.24, 2.45) is 0 Å². The number of sulfonamides is 1. The van der Waals surface area contributed by atoms with Crippen molar-refractivity contribution in [2.45, 2.75) is 4.90 Å². The van der Waals surface area contributed by atoms with Crippen LogP contribution in [0.5, 0.6) is 0 Å². The summed E-state index contributed by atoms with van der Waals surface area (Å²) in [5.41, 5.74) is 1.33. The second-order valence-electron chi connectivity index (χ2n) is 6.54. The Kier molecular flexibility index (Phi) is 5.22. The summed E-state index contributed by atoms with van der Waals surface area (Å²) >= 11 is 6.10. The summed E-state index contributed by atoms with van der Waals surface area (Å²) in [5.74, 6) is -0.767. The summed E-state index contributed by atoms with van der Waals surface area (Å²) in [4.78, 5) is 16.0. The van der Waals surface area contributed by atoms with Gasteiger partial charge in [0.05, 0.1) is 4.91 Å². The predicted molar refractivity (Wildman–Crippen MR) is 117 cm³/mol. The SMILES string of the molecule is CN(C)S(=O)(=O)c1ccc(-c2cncc3cc(C=C4SC(=S)NC4=O)oc23)cc1F. The minimum Gasteiger partial charge on any atom is -0.456 e. The lowest BCUT2D eigenvalue weighted by Crippen LogP contribution is -2.23. The van der Waals surface area contributed by atoms with Gasteiger partial charge < -0.3 is 9.73 Å². The maximum atomic E-state index is 14.6. The smallest absolute Gasteiger partial charge is 0.263 e. The highest BCUT2D eigenvalue weighted by molar-refractivity contribution is 8.26. The molecule has 0 radical (unpaired) electrons. The van der Waals surface area contributed by atoms with Crippen molar-refractivity contribution in [3.8, 4) is 11.1 Å². The fraction of sp³-hybridized carbons (Fsp3) is 0.105. The zero-order chi connectivity index (χ0) is 21.6. The van der Waals surface area contributed by atoms with Crippen molar-refractivity contribution in [1.29, 1.82) is 0 Å². The van der Waals surface area contributed by atoms with Gasteiger partial charge in [-0.15, -0.1) is 0 Å². The zero-order valence-electron chi connectivity index (χ0n) is 15.7. The number of hydrogen-bond donors (Lipinski definition) is 1. The molecule has 1 fully saturated rings. The molecule has 1 aliphatic rings. The molecule has 154 valence electrons. The molecule has 1 aliphatic heterocycles. The third-order valence-corrected chi connectivity index (χ3v) is 7.37. The zero-order valence-corrected chi connectivity index (χ0v) is 18.1. The number of amides is 1. The third kappa shape index (κ3) is 3.65. The van der Waals surface area contributed by atoms with E-state index in [-0.39, 0.29) is 5.91 Å². The van der Waals surface area contributed by atoms with Gasteiger partial charge in [-0.2, -0.15) is 0 Å². The number of hydrogen-bond acceptors (Lipinski definition) is 7. The Hall–Kier alpha value is -2.60. The van der Waals surface area contributed by atoms with Gasteiger partial charge in [0.25, 0.3) is 5.91 Å². The molecule has 1 saturated heterocycles. The normalized spacial score (nSPS) is 16.1. The number of thiocarbonyl (C=S) groups is 1. The van der Waals surface area contributed by atoms with Gasteiger partial charge in [-0.3, -0.25) is 9.78 Å². The molecule has 2 aromatic heterocycles. The lowest BCUT2D eigenvalue weighted by atomic mass is 10.1. The molecule has 7 nitrogen and oxygen atoms in total. The number of aromatic nitrogens is 1. The second kappa shape index (κ2) is 7.58. The van der Waals surface area contributed by atoms with Crippen LogP contribution >= 0.6 is 24.0 Å². The van der Waals surface area contributed by atoms with Crippen LogP contribution in [0.15, 0.2) is 50.9 Å². The molecule has 0 aliphatic carbocycles. The molecular formula is C19H14FN3O4S3. The molecule has 0 saturated carbocycles. The van der Waals surface area contributed by atoms with E-state index in [1.165, 1.54) is 32.4 Å². The number of carbonyl (C=O) groups excluding carboxylic acids is 1. The standard InChI is InChI=1S/C19H14FN3O4S3/c1-23(2)30(25,26)16-4-3-10(6-14(16)20)13-9-21-8-11-5-12(27-17(11)13)7-15-18(24)22-19(28)29-15/h3-9H,1-2H3,(H,22,24,28). The topological polar surface area (TPSA) is 92.5 Å². The fourth-order valence-electron chi connectivity index (χ4n) is 2.88. The van der Waals surface area contributed by atoms with Crippen molar-refractivity contribution in [3.63, 3.8) is 0 Å². The first-order chi connectivity index (χ1) is 14.2. The molecule has 30 heavy (non-hydrogen) atoms. The maximum Gasteiger partial charge on any atom is 0.263 e. The summed E-state index contributed by atoms with van der Waals surface area (Å²) in [7, 11) is -1.24. The van der Waals surface area contributed by atoms with E-state index >= 15 is 0 Å². The molecule has 1 N–H and O–H groups in total. The summed E-state index contributed by atoms with van der Waals surface area (Å²) in [6.07, 6.45) is 4.65. The average molecular weight is 464 g/mol. The van der Waals surface area contributed by atoms with E-state index in [4.69, 9.17) is 16.6 Å². The largest absolute Gasteiger partial charge is 0.456 e. The number of fused-ring (bicyclic) bond motifs is 1. The Labute approximate surface area is 181 Å². The molecule has 11 heteroatoms. The van der Waals surface area contributed by atoms with Crippen LogP contribution in [0.1, 0.15) is 5.76 Å². The molecule has 1 aromatic carbocycles. The van der Waals surface area contributed by atoms with Crippen LogP contribution in [0.4, 0.5) is 4.39 Å². The van der Waals surface area contributed by atoms with E-state index in [1.54, 1.807) is 18.3 Å². The molecular weight excluding hydrogens is 449 g/mol. The van der Waals surface area contributed by atoms with Gasteiger partial charge in [0.1, 0.15) is 26.4 Å². The van der Waals surface area contributed by atoms with Crippen LogP contribution in [0.3, 0.4) is 0 Å². The van der Waals surface area contributed by atoms with Crippen molar-refractivity contribution in [1.82, 2.24) is 14.6 Å². The maximum absolute atomic E-state index is 14.6. The predicted octanol–water partition coefficient (Wildman–Crippen LogP) is 3.37. The summed E-state index contributed by atoms with van der Waals surface area (Å²) in [6, 6.07) is 5.54. The van der Waals surface area contributed by atoms with E-state index in [1.807, 2.05) is 0 Å². The highest BCUT2D eigenvalue weighted by Crippen LogP contribution is 2.34. The number of furan rings is 1. The monoisotopic (exact) mass is 463 g/mol. The van der Waals surface area contributed by atoms with E-state index in [0.29, 0.717) is 37.1 Å². The minimum atomic E-state index is -3.91. The number of nitrogens with zero attached hydrogens (tertiary/aromatic N) is 2. The van der Waals surface area contributed by atoms with Crippen LogP contribution in [-0.4, -0.2) is 42.0 Å². The molecule has 0 atom stereocenters. The number of thioether (sulfide) groups is 1. The molecule has 3 aromatic rings. The Morgan fingerprint density at radius 1 is 1.27 bits per heavy atom. The van der Waals surface area contributed by atoms with Gasteiger partial charge in [-0.25, -0.2) is 17.1 Å². The van der Waals surface area contributed by atoms with Crippen LogP contribution in [-0.2, 0) is 14.8 Å². The average Bonchev–Trinajstić information content (AvgIpc) is 3.23. The number of nitrogens with one attached hydrogen (secondary N) is 1. The highest BCUT2D eigenvalue weighted by Gasteiger charge is 2.24. The number of benzene rings is 1. The molecule has 4 rings (SSSR count). The van der Waals surface area contributed by atoms with Crippen LogP contribution in [0.2, 0.25) is 0 Å². The summed E-state index contributed by atoms with van der Waals surface area (Å²) in [5, 5.41) is 3.18. The van der Waals surface area contributed by atoms with Crippen molar-refractivity contribution in [3.05, 3.63) is 53.1 Å². The van der Waals surface area contributed by atoms with E-state index < -0.39 is 20.7 Å². The van der Waals surface area contributed by atoms with Gasteiger partial charge in [-0.1, -0.05) is 30.0 Å². The number of pyridine rings is 1. The van der Waals surface area contributed by atoms with E-state index in [9.17, 15) is 17.6 Å². The van der Waals surface area contributed by atoms with Crippen molar-refractivity contribution >= 4 is 61.3 Å².